The molecule has 1 aromatic heterocycles. The molecule has 2 aromatic rings. The normalized spacial score (nSPS) is 15.0. The molecule has 1 aliphatic heterocycles. The molecule has 0 atom stereocenters. The van der Waals surface area contributed by atoms with Crippen molar-refractivity contribution in [3.63, 3.8) is 0 Å². The van der Waals surface area contributed by atoms with Gasteiger partial charge in [-0.2, -0.15) is 0 Å². The molecule has 0 unspecified atom stereocenters. The molecule has 0 spiro atoms. The number of piperidine rings is 1. The van der Waals surface area contributed by atoms with E-state index in [2.05, 4.69) is 20.4 Å². The number of nitrogens with zero attached hydrogens (tertiary/aromatic N) is 3. The number of hydrogen-bond donors (Lipinski definition) is 1. The van der Waals surface area contributed by atoms with Gasteiger partial charge >= 0.3 is 0 Å². The first kappa shape index (κ1) is 18.8. The van der Waals surface area contributed by atoms with E-state index in [1.54, 1.807) is 12.1 Å². The van der Waals surface area contributed by atoms with Crippen LogP contribution in [0.1, 0.15) is 19.3 Å². The highest BCUT2D eigenvalue weighted by molar-refractivity contribution is 7.99. The van der Waals surface area contributed by atoms with Crippen LogP contribution in [0.25, 0.3) is 11.3 Å². The summed E-state index contributed by atoms with van der Waals surface area (Å²) >= 11 is 1.36. The van der Waals surface area contributed by atoms with Crippen molar-refractivity contribution in [1.82, 2.24) is 20.4 Å². The first-order valence-electron chi connectivity index (χ1n) is 8.92. The predicted molar refractivity (Wildman–Crippen MR) is 101 cm³/mol. The molecule has 2 heterocycles. The summed E-state index contributed by atoms with van der Waals surface area (Å²) in [6.45, 7) is 3.89. The van der Waals surface area contributed by atoms with Crippen molar-refractivity contribution in [3.8, 4) is 11.3 Å². The molecule has 138 valence electrons. The van der Waals surface area contributed by atoms with Crippen LogP contribution in [-0.4, -0.2) is 52.9 Å². The van der Waals surface area contributed by atoms with Gasteiger partial charge in [-0.3, -0.25) is 4.79 Å². The highest BCUT2D eigenvalue weighted by atomic mass is 32.2. The van der Waals surface area contributed by atoms with Crippen molar-refractivity contribution in [2.75, 3.05) is 31.9 Å². The van der Waals surface area contributed by atoms with E-state index >= 15 is 0 Å². The van der Waals surface area contributed by atoms with Crippen LogP contribution in [0.5, 0.6) is 0 Å². The van der Waals surface area contributed by atoms with E-state index in [4.69, 9.17) is 0 Å². The molecule has 0 radical (unpaired) electrons. The monoisotopic (exact) mass is 374 g/mol. The predicted octanol–water partition coefficient (Wildman–Crippen LogP) is 2.98. The Bertz CT molecular complexity index is 702. The summed E-state index contributed by atoms with van der Waals surface area (Å²) in [6, 6.07) is 9.79. The van der Waals surface area contributed by atoms with Crippen LogP contribution in [0.2, 0.25) is 0 Å². The summed E-state index contributed by atoms with van der Waals surface area (Å²) < 4.78 is 13.0. The van der Waals surface area contributed by atoms with Crippen LogP contribution in [-0.2, 0) is 4.79 Å². The van der Waals surface area contributed by atoms with Gasteiger partial charge in [0.2, 0.25) is 5.91 Å². The second-order valence-electron chi connectivity index (χ2n) is 6.30. The molecule has 1 N–H and O–H groups in total. The minimum Gasteiger partial charge on any atom is -0.354 e. The quantitative estimate of drug-likeness (QED) is 0.755. The third kappa shape index (κ3) is 5.78. The number of amides is 1. The minimum absolute atomic E-state index is 0.0106. The van der Waals surface area contributed by atoms with Gasteiger partial charge in [0, 0.05) is 18.7 Å². The van der Waals surface area contributed by atoms with Gasteiger partial charge in [0.05, 0.1) is 11.4 Å². The fraction of sp³-hybridized carbons (Fsp3) is 0.421. The topological polar surface area (TPSA) is 58.1 Å². The maximum Gasteiger partial charge on any atom is 0.230 e. The lowest BCUT2D eigenvalue weighted by Crippen LogP contribution is -2.38. The number of carbonyl (C=O) groups excluding carboxylic acids is 1. The number of likely N-dealkylation sites (tertiary alicyclic amines) is 1. The molecule has 0 saturated carbocycles. The molecule has 3 rings (SSSR count). The highest BCUT2D eigenvalue weighted by Crippen LogP contribution is 2.20. The number of rotatable bonds is 7. The van der Waals surface area contributed by atoms with E-state index in [-0.39, 0.29) is 11.7 Å². The molecule has 26 heavy (non-hydrogen) atoms. The SMILES string of the molecule is O=C(CSc1ccc(-c2ccc(F)cc2)nn1)NCCN1CCCCC1. The Morgan fingerprint density at radius 2 is 1.85 bits per heavy atom. The Labute approximate surface area is 157 Å². The Balaban J connectivity index is 1.39. The van der Waals surface area contributed by atoms with E-state index in [0.717, 1.165) is 25.2 Å². The lowest BCUT2D eigenvalue weighted by molar-refractivity contribution is -0.118. The average Bonchev–Trinajstić information content (AvgIpc) is 2.68. The molecular formula is C19H23FN4OS. The maximum atomic E-state index is 13.0. The smallest absolute Gasteiger partial charge is 0.230 e. The third-order valence-corrected chi connectivity index (χ3v) is 5.25. The molecule has 1 aromatic carbocycles. The second-order valence-corrected chi connectivity index (χ2v) is 7.30. The lowest BCUT2D eigenvalue weighted by atomic mass is 10.1. The van der Waals surface area contributed by atoms with E-state index in [0.29, 0.717) is 23.0 Å². The average molecular weight is 374 g/mol. The van der Waals surface area contributed by atoms with Gasteiger partial charge in [-0.05, 0) is 62.3 Å². The number of hydrogen-bond acceptors (Lipinski definition) is 5. The fourth-order valence-corrected chi connectivity index (χ4v) is 3.54. The van der Waals surface area contributed by atoms with Crippen LogP contribution in [0.15, 0.2) is 41.4 Å². The summed E-state index contributed by atoms with van der Waals surface area (Å²) in [4.78, 5) is 14.3. The second kappa shape index (κ2) is 9.64. The number of carbonyl (C=O) groups is 1. The number of thioether (sulfide) groups is 1. The van der Waals surface area contributed by atoms with E-state index < -0.39 is 0 Å². The Morgan fingerprint density at radius 1 is 1.08 bits per heavy atom. The summed E-state index contributed by atoms with van der Waals surface area (Å²) in [5.41, 5.74) is 1.49. The Kier molecular flexibility index (Phi) is 6.96. The third-order valence-electron chi connectivity index (χ3n) is 4.33. The minimum atomic E-state index is -0.278. The molecule has 0 bridgehead atoms. The van der Waals surface area contributed by atoms with Crippen LogP contribution < -0.4 is 5.32 Å². The van der Waals surface area contributed by atoms with Gasteiger partial charge < -0.3 is 10.2 Å². The van der Waals surface area contributed by atoms with Crippen molar-refractivity contribution in [1.29, 1.82) is 0 Å². The zero-order valence-electron chi connectivity index (χ0n) is 14.7. The number of aromatic nitrogens is 2. The molecular weight excluding hydrogens is 351 g/mol. The van der Waals surface area contributed by atoms with Crippen LogP contribution in [0, 0.1) is 5.82 Å². The lowest BCUT2D eigenvalue weighted by Gasteiger charge is -2.26. The molecule has 0 aliphatic carbocycles. The first-order valence-corrected chi connectivity index (χ1v) is 9.91. The summed E-state index contributed by atoms with van der Waals surface area (Å²) in [6.07, 6.45) is 3.84. The summed E-state index contributed by atoms with van der Waals surface area (Å²) in [5, 5.41) is 11.9. The highest BCUT2D eigenvalue weighted by Gasteiger charge is 2.10. The van der Waals surface area contributed by atoms with Crippen molar-refractivity contribution < 1.29 is 9.18 Å². The number of halogens is 1. The van der Waals surface area contributed by atoms with Crippen molar-refractivity contribution in [2.45, 2.75) is 24.3 Å². The van der Waals surface area contributed by atoms with E-state index in [9.17, 15) is 9.18 Å². The van der Waals surface area contributed by atoms with Crippen LogP contribution in [0.3, 0.4) is 0 Å². The molecule has 5 nitrogen and oxygen atoms in total. The van der Waals surface area contributed by atoms with Gasteiger partial charge in [-0.1, -0.05) is 18.2 Å². The van der Waals surface area contributed by atoms with E-state index in [1.807, 2.05) is 12.1 Å². The Morgan fingerprint density at radius 3 is 2.54 bits per heavy atom. The van der Waals surface area contributed by atoms with Crippen molar-refractivity contribution >= 4 is 17.7 Å². The first-order chi connectivity index (χ1) is 12.7. The molecule has 1 amide bonds. The fourth-order valence-electron chi connectivity index (χ4n) is 2.90. The number of benzene rings is 1. The summed E-state index contributed by atoms with van der Waals surface area (Å²) in [5.74, 6) is 0.0570. The largest absolute Gasteiger partial charge is 0.354 e. The molecule has 1 aliphatic rings. The zero-order valence-corrected chi connectivity index (χ0v) is 15.5. The standard InChI is InChI=1S/C19H23FN4OS/c20-16-6-4-15(5-7-16)17-8-9-19(23-22-17)26-14-18(25)21-10-13-24-11-2-1-3-12-24/h4-9H,1-3,10-14H2,(H,21,25). The van der Waals surface area contributed by atoms with Gasteiger partial charge in [-0.25, -0.2) is 4.39 Å². The Hall–Kier alpha value is -1.99. The number of nitrogens with one attached hydrogen (secondary N) is 1. The molecule has 1 fully saturated rings. The van der Waals surface area contributed by atoms with Crippen molar-refractivity contribution in [3.05, 3.63) is 42.2 Å². The van der Waals surface area contributed by atoms with Gasteiger partial charge in [-0.15, -0.1) is 10.2 Å². The van der Waals surface area contributed by atoms with Gasteiger partial charge in [0.15, 0.2) is 0 Å². The van der Waals surface area contributed by atoms with Crippen molar-refractivity contribution in [2.24, 2.45) is 0 Å². The zero-order chi connectivity index (χ0) is 18.2. The molecule has 7 heteroatoms. The van der Waals surface area contributed by atoms with Gasteiger partial charge in [0.25, 0.3) is 0 Å². The van der Waals surface area contributed by atoms with Gasteiger partial charge in [0.1, 0.15) is 10.8 Å². The van der Waals surface area contributed by atoms with Crippen LogP contribution in [0.4, 0.5) is 4.39 Å². The molecule has 1 saturated heterocycles. The maximum absolute atomic E-state index is 13.0. The van der Waals surface area contributed by atoms with Crippen LogP contribution >= 0.6 is 11.8 Å². The van der Waals surface area contributed by atoms with E-state index in [1.165, 1.54) is 43.2 Å². The summed E-state index contributed by atoms with van der Waals surface area (Å²) in [7, 11) is 0.